The molecule has 5 heteroatoms. The number of carbonyl (C=O) groups excluding carboxylic acids is 1. The average molecular weight is 331 g/mol. The second-order valence-electron chi connectivity index (χ2n) is 6.18. The van der Waals surface area contributed by atoms with E-state index in [9.17, 15) is 9.18 Å². The third-order valence-corrected chi connectivity index (χ3v) is 4.46. The molecule has 128 valence electrons. The molecular formula is C19H22FNO3. The van der Waals surface area contributed by atoms with E-state index in [0.29, 0.717) is 24.9 Å². The van der Waals surface area contributed by atoms with Gasteiger partial charge in [-0.05, 0) is 55.0 Å². The van der Waals surface area contributed by atoms with Crippen molar-refractivity contribution in [2.24, 2.45) is 5.92 Å². The number of carbonyl (C=O) groups is 1. The van der Waals surface area contributed by atoms with Gasteiger partial charge in [0.25, 0.3) is 5.91 Å². The van der Waals surface area contributed by atoms with Gasteiger partial charge in [-0.3, -0.25) is 4.79 Å². The van der Waals surface area contributed by atoms with Crippen LogP contribution in [0.15, 0.2) is 47.1 Å². The zero-order valence-corrected chi connectivity index (χ0v) is 13.6. The summed E-state index contributed by atoms with van der Waals surface area (Å²) in [5, 5.41) is 0. The number of likely N-dealkylation sites (tertiary alicyclic amines) is 1. The Morgan fingerprint density at radius 1 is 1.25 bits per heavy atom. The van der Waals surface area contributed by atoms with E-state index < -0.39 is 0 Å². The molecule has 3 rings (SSSR count). The van der Waals surface area contributed by atoms with E-state index in [1.807, 2.05) is 11.0 Å². The van der Waals surface area contributed by atoms with Crippen molar-refractivity contribution in [2.75, 3.05) is 19.7 Å². The summed E-state index contributed by atoms with van der Waals surface area (Å²) in [7, 11) is 0. The van der Waals surface area contributed by atoms with Gasteiger partial charge < -0.3 is 14.1 Å². The molecule has 0 bridgehead atoms. The van der Waals surface area contributed by atoms with E-state index >= 15 is 0 Å². The fraction of sp³-hybridized carbons (Fsp3) is 0.421. The molecule has 1 aliphatic rings. The van der Waals surface area contributed by atoms with Gasteiger partial charge in [0, 0.05) is 19.7 Å². The molecule has 1 aromatic heterocycles. The fourth-order valence-corrected chi connectivity index (χ4v) is 3.05. The quantitative estimate of drug-likeness (QED) is 0.755. The molecule has 24 heavy (non-hydrogen) atoms. The minimum Gasteiger partial charge on any atom is -0.459 e. The molecule has 1 amide bonds. The van der Waals surface area contributed by atoms with Crippen molar-refractivity contribution in [1.29, 1.82) is 0 Å². The summed E-state index contributed by atoms with van der Waals surface area (Å²) in [6.45, 7) is 2.61. The van der Waals surface area contributed by atoms with Crippen LogP contribution in [0, 0.1) is 11.7 Å². The largest absolute Gasteiger partial charge is 0.459 e. The standard InChI is InChI=1S/C19H22FNO3/c20-17-4-1-3-16(13-17)14-23-12-8-15-6-9-21(10-7-15)19(22)18-5-2-11-24-18/h1-5,11,13,15H,6-10,12,14H2. The summed E-state index contributed by atoms with van der Waals surface area (Å²) in [5.74, 6) is 0.718. The van der Waals surface area contributed by atoms with E-state index in [4.69, 9.17) is 9.15 Å². The maximum Gasteiger partial charge on any atom is 0.289 e. The second kappa shape index (κ2) is 8.11. The smallest absolute Gasteiger partial charge is 0.289 e. The lowest BCUT2D eigenvalue weighted by Gasteiger charge is -2.31. The SMILES string of the molecule is O=C(c1ccco1)N1CCC(CCOCc2cccc(F)c2)CC1. The Labute approximate surface area is 141 Å². The van der Waals surface area contributed by atoms with Gasteiger partial charge >= 0.3 is 0 Å². The van der Waals surface area contributed by atoms with E-state index in [1.54, 1.807) is 18.2 Å². The van der Waals surface area contributed by atoms with Crippen molar-refractivity contribution < 1.29 is 18.3 Å². The Morgan fingerprint density at radius 3 is 2.79 bits per heavy atom. The van der Waals surface area contributed by atoms with Crippen molar-refractivity contribution in [2.45, 2.75) is 25.9 Å². The maximum atomic E-state index is 13.1. The molecular weight excluding hydrogens is 309 g/mol. The Morgan fingerprint density at radius 2 is 2.08 bits per heavy atom. The Bertz CT molecular complexity index is 648. The molecule has 1 aliphatic heterocycles. The van der Waals surface area contributed by atoms with Gasteiger partial charge in [0.15, 0.2) is 5.76 Å². The van der Waals surface area contributed by atoms with Crippen LogP contribution in [-0.4, -0.2) is 30.5 Å². The van der Waals surface area contributed by atoms with Gasteiger partial charge in [-0.1, -0.05) is 12.1 Å². The van der Waals surface area contributed by atoms with Crippen LogP contribution in [0.3, 0.4) is 0 Å². The number of furan rings is 1. The zero-order chi connectivity index (χ0) is 16.8. The number of piperidine rings is 1. The number of amides is 1. The van der Waals surface area contributed by atoms with Gasteiger partial charge in [0.1, 0.15) is 5.82 Å². The topological polar surface area (TPSA) is 42.7 Å². The number of hydrogen-bond donors (Lipinski definition) is 0. The van der Waals surface area contributed by atoms with Gasteiger partial charge in [-0.15, -0.1) is 0 Å². The van der Waals surface area contributed by atoms with Gasteiger partial charge in [-0.25, -0.2) is 4.39 Å². The van der Waals surface area contributed by atoms with Crippen LogP contribution in [0.2, 0.25) is 0 Å². The first kappa shape index (κ1) is 16.7. The summed E-state index contributed by atoms with van der Waals surface area (Å²) < 4.78 is 23.9. The highest BCUT2D eigenvalue weighted by atomic mass is 19.1. The highest BCUT2D eigenvalue weighted by Gasteiger charge is 2.24. The van der Waals surface area contributed by atoms with Crippen molar-refractivity contribution in [3.63, 3.8) is 0 Å². The van der Waals surface area contributed by atoms with Crippen molar-refractivity contribution in [3.05, 3.63) is 59.8 Å². The molecule has 4 nitrogen and oxygen atoms in total. The van der Waals surface area contributed by atoms with Crippen LogP contribution in [0.5, 0.6) is 0 Å². The van der Waals surface area contributed by atoms with Crippen molar-refractivity contribution >= 4 is 5.91 Å². The molecule has 0 aliphatic carbocycles. The number of halogens is 1. The van der Waals surface area contributed by atoms with Crippen LogP contribution in [0.4, 0.5) is 4.39 Å². The molecule has 1 saturated heterocycles. The number of nitrogens with zero attached hydrogens (tertiary/aromatic N) is 1. The Kier molecular flexibility index (Phi) is 5.64. The molecule has 0 saturated carbocycles. The first-order valence-electron chi connectivity index (χ1n) is 8.37. The lowest BCUT2D eigenvalue weighted by Crippen LogP contribution is -2.38. The molecule has 0 spiro atoms. The summed E-state index contributed by atoms with van der Waals surface area (Å²) in [6, 6.07) is 9.92. The van der Waals surface area contributed by atoms with E-state index in [1.165, 1.54) is 18.4 Å². The summed E-state index contributed by atoms with van der Waals surface area (Å²) >= 11 is 0. The molecule has 2 aromatic rings. The maximum absolute atomic E-state index is 13.1. The van der Waals surface area contributed by atoms with Gasteiger partial charge in [0.2, 0.25) is 0 Å². The minimum absolute atomic E-state index is 0.0270. The van der Waals surface area contributed by atoms with Crippen LogP contribution < -0.4 is 0 Å². The number of benzene rings is 1. The number of hydrogen-bond acceptors (Lipinski definition) is 3. The number of ether oxygens (including phenoxy) is 1. The van der Waals surface area contributed by atoms with Gasteiger partial charge in [0.05, 0.1) is 12.9 Å². The van der Waals surface area contributed by atoms with Crippen LogP contribution in [-0.2, 0) is 11.3 Å². The molecule has 0 N–H and O–H groups in total. The average Bonchev–Trinajstić information content (AvgIpc) is 3.13. The summed E-state index contributed by atoms with van der Waals surface area (Å²) in [5.41, 5.74) is 0.855. The lowest BCUT2D eigenvalue weighted by molar-refractivity contribution is 0.0610. The van der Waals surface area contributed by atoms with Gasteiger partial charge in [-0.2, -0.15) is 0 Å². The van der Waals surface area contributed by atoms with E-state index in [-0.39, 0.29) is 11.7 Å². The van der Waals surface area contributed by atoms with Crippen molar-refractivity contribution in [3.8, 4) is 0 Å². The molecule has 1 fully saturated rings. The zero-order valence-electron chi connectivity index (χ0n) is 13.6. The first-order valence-corrected chi connectivity index (χ1v) is 8.37. The third kappa shape index (κ3) is 4.45. The molecule has 0 unspecified atom stereocenters. The van der Waals surface area contributed by atoms with E-state index in [0.717, 1.165) is 37.9 Å². The molecule has 0 atom stereocenters. The van der Waals surface area contributed by atoms with Crippen LogP contribution >= 0.6 is 0 Å². The fourth-order valence-electron chi connectivity index (χ4n) is 3.05. The van der Waals surface area contributed by atoms with Crippen LogP contribution in [0.25, 0.3) is 0 Å². The summed E-state index contributed by atoms with van der Waals surface area (Å²) in [4.78, 5) is 14.0. The molecule has 1 aromatic carbocycles. The molecule has 0 radical (unpaired) electrons. The Hall–Kier alpha value is -2.14. The highest BCUT2D eigenvalue weighted by Crippen LogP contribution is 2.22. The molecule has 2 heterocycles. The summed E-state index contributed by atoms with van der Waals surface area (Å²) in [6.07, 6.45) is 4.46. The van der Waals surface area contributed by atoms with E-state index in [2.05, 4.69) is 0 Å². The van der Waals surface area contributed by atoms with Crippen LogP contribution in [0.1, 0.15) is 35.4 Å². The van der Waals surface area contributed by atoms with Crippen molar-refractivity contribution in [1.82, 2.24) is 4.90 Å². The highest BCUT2D eigenvalue weighted by molar-refractivity contribution is 5.91. The second-order valence-corrected chi connectivity index (χ2v) is 6.18. The third-order valence-electron chi connectivity index (χ3n) is 4.46. The predicted molar refractivity (Wildman–Crippen MR) is 88.0 cm³/mol. The predicted octanol–water partition coefficient (Wildman–Crippen LogP) is 3.88. The lowest BCUT2D eigenvalue weighted by atomic mass is 9.94. The normalized spacial score (nSPS) is 15.6. The Balaban J connectivity index is 1.34. The number of rotatable bonds is 6. The minimum atomic E-state index is -0.232. The first-order chi connectivity index (χ1) is 11.7. The monoisotopic (exact) mass is 331 g/mol.